The summed E-state index contributed by atoms with van der Waals surface area (Å²) in [5.41, 5.74) is 23.3. The Balaban J connectivity index is 0.830. The van der Waals surface area contributed by atoms with Gasteiger partial charge in [0.2, 0.25) is 0 Å². The molecule has 0 aliphatic heterocycles. The monoisotopic (exact) mass is 1160 g/mol. The largest absolute Gasteiger partial charge is 0.310 e. The molecular formula is C80H52N8S. The summed E-state index contributed by atoms with van der Waals surface area (Å²) in [5, 5.41) is 4.75. The summed E-state index contributed by atoms with van der Waals surface area (Å²) in [6.07, 6.45) is 0. The van der Waals surface area contributed by atoms with Crippen LogP contribution in [-0.2, 0) is 0 Å². The third-order valence-electron chi connectivity index (χ3n) is 17.1. The molecule has 0 aliphatic carbocycles. The highest BCUT2D eigenvalue weighted by molar-refractivity contribution is 7.00. The highest BCUT2D eigenvalue weighted by Gasteiger charge is 2.27. The zero-order chi connectivity index (χ0) is 58.8. The zero-order valence-electron chi connectivity index (χ0n) is 48.0. The van der Waals surface area contributed by atoms with Crippen LogP contribution in [0.1, 0.15) is 0 Å². The Morgan fingerprint density at radius 2 is 0.562 bits per heavy atom. The van der Waals surface area contributed by atoms with Gasteiger partial charge in [-0.2, -0.15) is 8.75 Å². The molecule has 4 aromatic heterocycles. The number of anilines is 6. The van der Waals surface area contributed by atoms with Crippen LogP contribution in [0.2, 0.25) is 0 Å². The van der Waals surface area contributed by atoms with Crippen LogP contribution in [0.25, 0.3) is 122 Å². The molecule has 0 saturated heterocycles. The van der Waals surface area contributed by atoms with Gasteiger partial charge in [0, 0.05) is 89.3 Å². The van der Waals surface area contributed by atoms with E-state index in [1.54, 1.807) is 0 Å². The number of fused-ring (bicyclic) bond motifs is 8. The van der Waals surface area contributed by atoms with Gasteiger partial charge in [-0.3, -0.25) is 0 Å². The van der Waals surface area contributed by atoms with Crippen molar-refractivity contribution in [2.45, 2.75) is 0 Å². The third-order valence-corrected chi connectivity index (χ3v) is 17.7. The smallest absolute Gasteiger partial charge is 0.115 e. The van der Waals surface area contributed by atoms with Gasteiger partial charge in [0.15, 0.2) is 0 Å². The Morgan fingerprint density at radius 3 is 0.955 bits per heavy atom. The molecule has 0 unspecified atom stereocenters. The predicted octanol–water partition coefficient (Wildman–Crippen LogP) is 21.4. The summed E-state index contributed by atoms with van der Waals surface area (Å²) in [6, 6.07) is 112. The lowest BCUT2D eigenvalue weighted by atomic mass is 9.93. The van der Waals surface area contributed by atoms with Crippen LogP contribution in [0.3, 0.4) is 0 Å². The van der Waals surface area contributed by atoms with Gasteiger partial charge in [-0.05, 0) is 132 Å². The van der Waals surface area contributed by atoms with E-state index >= 15 is 0 Å². The van der Waals surface area contributed by atoms with E-state index in [0.717, 1.165) is 134 Å². The van der Waals surface area contributed by atoms with Crippen molar-refractivity contribution in [2.75, 3.05) is 9.80 Å². The van der Waals surface area contributed by atoms with Crippen LogP contribution in [0.5, 0.6) is 0 Å². The molecule has 89 heavy (non-hydrogen) atoms. The van der Waals surface area contributed by atoms with Crippen LogP contribution in [0.4, 0.5) is 34.1 Å². The first-order valence-electron chi connectivity index (χ1n) is 29.9. The molecule has 0 fully saturated rings. The fourth-order valence-corrected chi connectivity index (χ4v) is 13.7. The molecular weight excluding hydrogens is 1110 g/mol. The molecule has 17 rings (SSSR count). The van der Waals surface area contributed by atoms with Crippen molar-refractivity contribution in [3.8, 4) is 56.1 Å². The highest BCUT2D eigenvalue weighted by Crippen LogP contribution is 2.47. The van der Waals surface area contributed by atoms with Gasteiger partial charge < -0.3 is 18.9 Å². The second-order valence-electron chi connectivity index (χ2n) is 22.3. The maximum absolute atomic E-state index is 5.79. The third kappa shape index (κ3) is 8.82. The van der Waals surface area contributed by atoms with Gasteiger partial charge in [-0.15, -0.1) is 0 Å². The Bertz CT molecular complexity index is 5120. The van der Waals surface area contributed by atoms with Crippen molar-refractivity contribution in [1.82, 2.24) is 27.8 Å². The molecule has 0 atom stereocenters. The molecule has 0 saturated carbocycles. The SMILES string of the molecule is c1ccc(-c2nc3c(-c4ccc(N(c5ccccc5)c5ccc6c(c5)c5ccccc5n6-c5ccccc5)cc4)c4nsnc4c(-c4ccc(N(c5ccccc5)c5ccc6c(c5)c5ccccc5n6-c5ccccc5)cc4)c3nc2-c2ccccc2)cc1. The number of benzene rings is 13. The Hall–Kier alpha value is -11.8. The molecule has 4 heterocycles. The molecule has 8 nitrogen and oxygen atoms in total. The van der Waals surface area contributed by atoms with Crippen molar-refractivity contribution in [3.05, 3.63) is 315 Å². The standard InChI is InChI=1S/C80H52N8S/c1-7-23-55(24-8-1)75-76(56-25-9-2-10-26-56)82-78-74(54-41-45-62(46-42-54)86(58-29-13-4-14-30-58)64-48-50-72-68(52-64)66-36-20-22-38-70(66)88(72)60-33-17-6-18-34-60)80-79(83-89-84-80)73(77(78)81-75)53-39-43-61(44-40-53)85(57-27-11-3-12-28-57)63-47-49-71-67(51-63)65-35-19-21-37-69(65)87(71)59-31-15-5-16-32-59/h1-52H. The summed E-state index contributed by atoms with van der Waals surface area (Å²) in [4.78, 5) is 16.3. The van der Waals surface area contributed by atoms with E-state index in [2.05, 4.69) is 322 Å². The second-order valence-corrected chi connectivity index (χ2v) is 22.8. The van der Waals surface area contributed by atoms with E-state index < -0.39 is 0 Å². The average molecular weight is 1160 g/mol. The first-order valence-corrected chi connectivity index (χ1v) is 30.6. The Morgan fingerprint density at radius 1 is 0.247 bits per heavy atom. The number of para-hydroxylation sites is 6. The number of rotatable bonds is 12. The average Bonchev–Trinajstić information content (AvgIpc) is 2.18. The second kappa shape index (κ2) is 21.6. The molecule has 13 aromatic carbocycles. The molecule has 0 radical (unpaired) electrons. The van der Waals surface area contributed by atoms with Gasteiger partial charge in [0.25, 0.3) is 0 Å². The van der Waals surface area contributed by atoms with Crippen LogP contribution in [0, 0.1) is 0 Å². The molecule has 0 spiro atoms. The maximum atomic E-state index is 5.79. The van der Waals surface area contributed by atoms with Gasteiger partial charge in [-0.1, -0.05) is 194 Å². The lowest BCUT2D eigenvalue weighted by Gasteiger charge is -2.26. The summed E-state index contributed by atoms with van der Waals surface area (Å²) >= 11 is 1.22. The van der Waals surface area contributed by atoms with E-state index in [1.165, 1.54) is 33.3 Å². The van der Waals surface area contributed by atoms with Crippen molar-refractivity contribution in [3.63, 3.8) is 0 Å². The van der Waals surface area contributed by atoms with E-state index in [9.17, 15) is 0 Å². The van der Waals surface area contributed by atoms with Gasteiger partial charge in [0.1, 0.15) is 22.1 Å². The van der Waals surface area contributed by atoms with Crippen molar-refractivity contribution in [1.29, 1.82) is 0 Å². The van der Waals surface area contributed by atoms with Crippen LogP contribution in [-0.4, -0.2) is 27.8 Å². The number of aromatic nitrogens is 6. The summed E-state index contributed by atoms with van der Waals surface area (Å²) in [5.74, 6) is 0. The van der Waals surface area contributed by atoms with Crippen molar-refractivity contribution >= 4 is 112 Å². The first-order chi connectivity index (χ1) is 44.2. The van der Waals surface area contributed by atoms with Crippen LogP contribution < -0.4 is 9.80 Å². The number of nitrogens with zero attached hydrogens (tertiary/aromatic N) is 8. The van der Waals surface area contributed by atoms with Crippen molar-refractivity contribution in [2.24, 2.45) is 0 Å². The minimum absolute atomic E-state index is 0.740. The Kier molecular flexibility index (Phi) is 12.5. The van der Waals surface area contributed by atoms with E-state index in [4.69, 9.17) is 18.7 Å². The minimum Gasteiger partial charge on any atom is -0.310 e. The normalized spacial score (nSPS) is 11.6. The summed E-state index contributed by atoms with van der Waals surface area (Å²) < 4.78 is 15.1. The molecule has 0 bridgehead atoms. The zero-order valence-corrected chi connectivity index (χ0v) is 48.8. The Labute approximate surface area is 517 Å². The maximum Gasteiger partial charge on any atom is 0.115 e. The summed E-state index contributed by atoms with van der Waals surface area (Å²) in [7, 11) is 0. The van der Waals surface area contributed by atoms with Crippen LogP contribution >= 0.6 is 11.7 Å². The molecule has 0 N–H and O–H groups in total. The molecule has 9 heteroatoms. The van der Waals surface area contributed by atoms with Gasteiger partial charge in [0.05, 0.1) is 45.2 Å². The highest BCUT2D eigenvalue weighted by atomic mass is 32.1. The fourth-order valence-electron chi connectivity index (χ4n) is 13.2. The van der Waals surface area contributed by atoms with E-state index in [1.807, 2.05) is 12.1 Å². The summed E-state index contributed by atoms with van der Waals surface area (Å²) in [6.45, 7) is 0. The van der Waals surface area contributed by atoms with E-state index in [-0.39, 0.29) is 0 Å². The molecule has 17 aromatic rings. The first kappa shape index (κ1) is 51.6. The fraction of sp³-hybridized carbons (Fsp3) is 0. The predicted molar refractivity (Wildman–Crippen MR) is 370 cm³/mol. The topological polar surface area (TPSA) is 67.9 Å². The lowest BCUT2D eigenvalue weighted by molar-refractivity contribution is 1.18. The van der Waals surface area contributed by atoms with Crippen molar-refractivity contribution < 1.29 is 0 Å². The molecule has 418 valence electrons. The van der Waals surface area contributed by atoms with E-state index in [0.29, 0.717) is 0 Å². The molecule has 0 amide bonds. The minimum atomic E-state index is 0.740. The number of hydrogen-bond donors (Lipinski definition) is 0. The molecule has 0 aliphatic rings. The lowest BCUT2D eigenvalue weighted by Crippen LogP contribution is -2.10. The van der Waals surface area contributed by atoms with Gasteiger partial charge in [-0.25, -0.2) is 9.97 Å². The van der Waals surface area contributed by atoms with Gasteiger partial charge >= 0.3 is 0 Å². The van der Waals surface area contributed by atoms with Crippen LogP contribution in [0.15, 0.2) is 315 Å². The number of hydrogen-bond acceptors (Lipinski definition) is 7. The quantitative estimate of drug-likeness (QED) is 0.121.